The van der Waals surface area contributed by atoms with Crippen LogP contribution in [0.3, 0.4) is 0 Å². The van der Waals surface area contributed by atoms with Crippen LogP contribution in [-0.2, 0) is 16.2 Å². The van der Waals surface area contributed by atoms with Gasteiger partial charge < -0.3 is 14.5 Å². The molecule has 3 aromatic rings. The number of thioether (sulfide) groups is 1. The third-order valence-corrected chi connectivity index (χ3v) is 7.53. The number of nitrogens with zero attached hydrogens (tertiary/aromatic N) is 2. The van der Waals surface area contributed by atoms with E-state index in [0.717, 1.165) is 12.1 Å². The largest absolute Gasteiger partial charge is 0.497 e. The van der Waals surface area contributed by atoms with Gasteiger partial charge in [-0.15, -0.1) is 11.8 Å². The molecule has 0 aromatic heterocycles. The molecule has 1 saturated heterocycles. The van der Waals surface area contributed by atoms with Gasteiger partial charge in [0.2, 0.25) is 0 Å². The molecule has 0 unspecified atom stereocenters. The number of methoxy groups -OCH3 is 1. The number of ether oxygens (including phenoxy) is 1. The standard InChI is InChI=1S/C25H19F3N2O3S/c1-33-17-9-10-22-19(13-17)25(24(32)29(22)14-18-20(27)3-2-4-21(18)28)30(11-12-34-25)23(31)15-5-7-16(26)8-6-15/h2-10,13H,11-12,14H2,1H3/t25-/m1/s1. The summed E-state index contributed by atoms with van der Waals surface area (Å²) in [6.45, 7) is -0.0667. The molecule has 5 nitrogen and oxygen atoms in total. The molecule has 34 heavy (non-hydrogen) atoms. The van der Waals surface area contributed by atoms with Gasteiger partial charge in [-0.2, -0.15) is 0 Å². The maximum absolute atomic E-state index is 14.5. The number of fused-ring (bicyclic) bond motifs is 2. The minimum atomic E-state index is -1.43. The normalized spacial score (nSPS) is 19.1. The summed E-state index contributed by atoms with van der Waals surface area (Å²) in [5.74, 6) is -1.97. The van der Waals surface area contributed by atoms with Crippen molar-refractivity contribution in [2.45, 2.75) is 11.4 Å². The second kappa shape index (κ2) is 8.39. The Labute approximate surface area is 198 Å². The summed E-state index contributed by atoms with van der Waals surface area (Å²) in [6, 6.07) is 13.6. The second-order valence-electron chi connectivity index (χ2n) is 7.93. The van der Waals surface area contributed by atoms with E-state index >= 15 is 0 Å². The van der Waals surface area contributed by atoms with E-state index in [4.69, 9.17) is 4.74 Å². The summed E-state index contributed by atoms with van der Waals surface area (Å²) < 4.78 is 47.7. The molecule has 0 aliphatic carbocycles. The van der Waals surface area contributed by atoms with Crippen LogP contribution in [0.1, 0.15) is 21.5 Å². The van der Waals surface area contributed by atoms with Crippen LogP contribution in [-0.4, -0.2) is 36.1 Å². The van der Waals surface area contributed by atoms with Crippen LogP contribution in [0.4, 0.5) is 18.9 Å². The zero-order chi connectivity index (χ0) is 24.0. The molecule has 2 heterocycles. The highest BCUT2D eigenvalue weighted by molar-refractivity contribution is 8.01. The topological polar surface area (TPSA) is 49.9 Å². The first-order valence-electron chi connectivity index (χ1n) is 10.5. The number of hydrogen-bond acceptors (Lipinski definition) is 4. The molecule has 174 valence electrons. The number of halogens is 3. The molecule has 9 heteroatoms. The summed E-state index contributed by atoms with van der Waals surface area (Å²) >= 11 is 1.28. The van der Waals surface area contributed by atoms with Gasteiger partial charge in [-0.25, -0.2) is 13.2 Å². The number of carbonyl (C=O) groups excluding carboxylic acids is 2. The Kier molecular flexibility index (Phi) is 5.51. The maximum atomic E-state index is 14.5. The lowest BCUT2D eigenvalue weighted by Crippen LogP contribution is -2.50. The second-order valence-corrected chi connectivity index (χ2v) is 9.22. The lowest BCUT2D eigenvalue weighted by atomic mass is 10.0. The lowest BCUT2D eigenvalue weighted by molar-refractivity contribution is -0.123. The van der Waals surface area contributed by atoms with E-state index in [1.54, 1.807) is 18.2 Å². The number of amides is 2. The highest BCUT2D eigenvalue weighted by atomic mass is 32.2. The van der Waals surface area contributed by atoms with E-state index in [1.807, 2.05) is 0 Å². The molecular formula is C25H19F3N2O3S. The van der Waals surface area contributed by atoms with Crippen LogP contribution in [0.25, 0.3) is 0 Å². The van der Waals surface area contributed by atoms with Crippen molar-refractivity contribution >= 4 is 29.3 Å². The van der Waals surface area contributed by atoms with Gasteiger partial charge in [0.25, 0.3) is 11.8 Å². The monoisotopic (exact) mass is 484 g/mol. The van der Waals surface area contributed by atoms with Crippen LogP contribution in [0, 0.1) is 17.5 Å². The number of benzene rings is 3. The fourth-order valence-corrected chi connectivity index (χ4v) is 5.92. The van der Waals surface area contributed by atoms with Gasteiger partial charge in [-0.3, -0.25) is 9.59 Å². The van der Waals surface area contributed by atoms with E-state index < -0.39 is 34.1 Å². The number of carbonyl (C=O) groups is 2. The molecule has 1 atom stereocenters. The summed E-state index contributed by atoms with van der Waals surface area (Å²) in [5, 5.41) is 0. The van der Waals surface area contributed by atoms with Crippen LogP contribution in [0.2, 0.25) is 0 Å². The molecule has 0 N–H and O–H groups in total. The van der Waals surface area contributed by atoms with Crippen LogP contribution < -0.4 is 9.64 Å². The predicted molar refractivity (Wildman–Crippen MR) is 122 cm³/mol. The van der Waals surface area contributed by atoms with Crippen molar-refractivity contribution in [3.8, 4) is 5.75 Å². The van der Waals surface area contributed by atoms with Crippen LogP contribution >= 0.6 is 11.8 Å². The summed E-state index contributed by atoms with van der Waals surface area (Å²) in [4.78, 5) is 28.8. The Morgan fingerprint density at radius 3 is 2.44 bits per heavy atom. The zero-order valence-electron chi connectivity index (χ0n) is 18.1. The SMILES string of the molecule is COc1ccc2c(c1)[C@@]1(SCCN1C(=O)c1ccc(F)cc1)C(=O)N2Cc1c(F)cccc1F. The van der Waals surface area contributed by atoms with Crippen molar-refractivity contribution in [1.29, 1.82) is 0 Å². The first-order valence-corrected chi connectivity index (χ1v) is 11.5. The van der Waals surface area contributed by atoms with Gasteiger partial charge in [0.05, 0.1) is 19.3 Å². The number of rotatable bonds is 4. The Balaban J connectivity index is 1.63. The Hall–Kier alpha value is -3.46. The van der Waals surface area contributed by atoms with E-state index in [-0.39, 0.29) is 24.2 Å². The first kappa shape index (κ1) is 22.3. The number of hydrogen-bond donors (Lipinski definition) is 0. The quantitative estimate of drug-likeness (QED) is 0.539. The van der Waals surface area contributed by atoms with E-state index in [2.05, 4.69) is 0 Å². The highest BCUT2D eigenvalue weighted by Crippen LogP contribution is 2.55. The van der Waals surface area contributed by atoms with Crippen LogP contribution in [0.5, 0.6) is 5.75 Å². The first-order chi connectivity index (χ1) is 16.4. The fourth-order valence-electron chi connectivity index (χ4n) is 4.47. The minimum absolute atomic E-state index is 0.235. The predicted octanol–water partition coefficient (Wildman–Crippen LogP) is 4.70. The smallest absolute Gasteiger partial charge is 0.268 e. The molecule has 1 spiro atoms. The molecule has 2 aliphatic heterocycles. The molecule has 0 radical (unpaired) electrons. The fraction of sp³-hybridized carbons (Fsp3) is 0.200. The Morgan fingerprint density at radius 1 is 1.06 bits per heavy atom. The molecule has 5 rings (SSSR count). The third kappa shape index (κ3) is 3.34. The van der Waals surface area contributed by atoms with Crippen molar-refractivity contribution in [3.05, 3.63) is 94.8 Å². The molecule has 3 aromatic carbocycles. The molecule has 0 bridgehead atoms. The molecule has 2 amide bonds. The van der Waals surface area contributed by atoms with Gasteiger partial charge in [0.15, 0.2) is 4.87 Å². The minimum Gasteiger partial charge on any atom is -0.497 e. The molecule has 2 aliphatic rings. The van der Waals surface area contributed by atoms with E-state index in [0.29, 0.717) is 22.8 Å². The van der Waals surface area contributed by atoms with Crippen molar-refractivity contribution in [1.82, 2.24) is 4.90 Å². The zero-order valence-corrected chi connectivity index (χ0v) is 18.9. The van der Waals surface area contributed by atoms with Gasteiger partial charge in [-0.05, 0) is 54.6 Å². The highest BCUT2D eigenvalue weighted by Gasteiger charge is 2.59. The average Bonchev–Trinajstić information content (AvgIpc) is 3.38. The summed E-state index contributed by atoms with van der Waals surface area (Å²) in [5.41, 5.74) is 0.944. The molecule has 1 fully saturated rings. The van der Waals surface area contributed by atoms with Gasteiger partial charge >= 0.3 is 0 Å². The van der Waals surface area contributed by atoms with Crippen molar-refractivity contribution in [2.24, 2.45) is 0 Å². The summed E-state index contributed by atoms with van der Waals surface area (Å²) in [7, 11) is 1.49. The van der Waals surface area contributed by atoms with E-state index in [9.17, 15) is 22.8 Å². The Morgan fingerprint density at radius 2 is 1.76 bits per heavy atom. The molecular weight excluding hydrogens is 465 g/mol. The number of anilines is 1. The van der Waals surface area contributed by atoms with Gasteiger partial charge in [0, 0.05) is 29.0 Å². The summed E-state index contributed by atoms with van der Waals surface area (Å²) in [6.07, 6.45) is 0. The molecule has 0 saturated carbocycles. The van der Waals surface area contributed by atoms with E-state index in [1.165, 1.54) is 59.0 Å². The van der Waals surface area contributed by atoms with Crippen LogP contribution in [0.15, 0.2) is 60.7 Å². The van der Waals surface area contributed by atoms with Gasteiger partial charge in [0.1, 0.15) is 23.2 Å². The van der Waals surface area contributed by atoms with Crippen molar-refractivity contribution in [2.75, 3.05) is 24.3 Å². The van der Waals surface area contributed by atoms with Crippen molar-refractivity contribution in [3.63, 3.8) is 0 Å². The Bertz CT molecular complexity index is 1280. The third-order valence-electron chi connectivity index (χ3n) is 6.11. The average molecular weight is 484 g/mol. The van der Waals surface area contributed by atoms with Crippen molar-refractivity contribution < 1.29 is 27.5 Å². The lowest BCUT2D eigenvalue weighted by Gasteiger charge is -2.33. The van der Waals surface area contributed by atoms with Gasteiger partial charge in [-0.1, -0.05) is 6.07 Å². The maximum Gasteiger partial charge on any atom is 0.268 e.